The van der Waals surface area contributed by atoms with Crippen LogP contribution in [0.3, 0.4) is 0 Å². The molecule has 0 atom stereocenters. The first-order valence-electron chi connectivity index (χ1n) is 6.85. The van der Waals surface area contributed by atoms with Gasteiger partial charge in [-0.25, -0.2) is 4.39 Å². The Balaban J connectivity index is 2.10. The summed E-state index contributed by atoms with van der Waals surface area (Å²) in [6.07, 6.45) is 1.59. The second-order valence-corrected chi connectivity index (χ2v) is 6.24. The van der Waals surface area contributed by atoms with Crippen molar-refractivity contribution >= 4 is 27.5 Å². The van der Waals surface area contributed by atoms with Crippen LogP contribution in [-0.4, -0.2) is 20.3 Å². The molecule has 0 saturated carbocycles. The summed E-state index contributed by atoms with van der Waals surface area (Å²) >= 11 is 1.28. The quantitative estimate of drug-likeness (QED) is 0.729. The maximum atomic E-state index is 13.3. The van der Waals surface area contributed by atoms with E-state index in [1.165, 1.54) is 23.5 Å². The number of fused-ring (bicyclic) bond motifs is 1. The fourth-order valence-electron chi connectivity index (χ4n) is 2.25. The van der Waals surface area contributed by atoms with E-state index in [9.17, 15) is 9.18 Å². The number of halogens is 1. The van der Waals surface area contributed by atoms with Crippen molar-refractivity contribution in [2.45, 2.75) is 19.9 Å². The lowest BCUT2D eigenvalue weighted by Crippen LogP contribution is -2.16. The summed E-state index contributed by atoms with van der Waals surface area (Å²) in [4.78, 5) is 17.1. The number of aryl methyl sites for hydroxylation is 1. The molecule has 1 amide bonds. The highest BCUT2D eigenvalue weighted by Crippen LogP contribution is 2.17. The number of hydrogen-bond acceptors (Lipinski definition) is 3. The van der Waals surface area contributed by atoms with Crippen molar-refractivity contribution in [3.63, 3.8) is 0 Å². The summed E-state index contributed by atoms with van der Waals surface area (Å²) in [5, 5.41) is 4.14. The molecule has 0 radical (unpaired) electrons. The predicted octanol–water partition coefficient (Wildman–Crippen LogP) is 2.90. The van der Waals surface area contributed by atoms with Gasteiger partial charge in [0.25, 0.3) is 5.91 Å². The van der Waals surface area contributed by atoms with Crippen LogP contribution in [0.2, 0.25) is 0 Å². The SMILES string of the molecule is CC(C)n1nccc1C(=O)N=c1sc2cc(F)ccc2n1C. The van der Waals surface area contributed by atoms with E-state index < -0.39 is 0 Å². The van der Waals surface area contributed by atoms with Crippen LogP contribution in [0.1, 0.15) is 30.4 Å². The number of amides is 1. The molecule has 0 saturated heterocycles. The first-order valence-corrected chi connectivity index (χ1v) is 7.66. The van der Waals surface area contributed by atoms with Gasteiger partial charge in [0, 0.05) is 19.3 Å². The van der Waals surface area contributed by atoms with E-state index in [4.69, 9.17) is 0 Å². The molecule has 5 nitrogen and oxygen atoms in total. The Morgan fingerprint density at radius 2 is 2.14 bits per heavy atom. The largest absolute Gasteiger partial charge is 0.319 e. The average Bonchev–Trinajstić information content (AvgIpc) is 3.05. The number of carbonyl (C=O) groups excluding carboxylic acids is 1. The predicted molar refractivity (Wildman–Crippen MR) is 83.3 cm³/mol. The van der Waals surface area contributed by atoms with E-state index in [1.807, 2.05) is 20.9 Å². The highest BCUT2D eigenvalue weighted by molar-refractivity contribution is 7.16. The van der Waals surface area contributed by atoms with Gasteiger partial charge in [0.05, 0.1) is 10.2 Å². The molecule has 3 rings (SSSR count). The molecule has 114 valence electrons. The fourth-order valence-corrected chi connectivity index (χ4v) is 3.30. The van der Waals surface area contributed by atoms with Crippen LogP contribution < -0.4 is 4.80 Å². The molecule has 0 fully saturated rings. The van der Waals surface area contributed by atoms with Gasteiger partial charge in [0.1, 0.15) is 11.5 Å². The van der Waals surface area contributed by atoms with Crippen LogP contribution in [0, 0.1) is 5.82 Å². The van der Waals surface area contributed by atoms with E-state index in [0.29, 0.717) is 10.5 Å². The molecule has 0 unspecified atom stereocenters. The molecule has 0 aliphatic rings. The first kappa shape index (κ1) is 14.6. The summed E-state index contributed by atoms with van der Waals surface area (Å²) in [6, 6.07) is 6.26. The third-order valence-corrected chi connectivity index (χ3v) is 4.44. The number of carbonyl (C=O) groups is 1. The van der Waals surface area contributed by atoms with Gasteiger partial charge < -0.3 is 4.57 Å². The summed E-state index contributed by atoms with van der Waals surface area (Å²) in [6.45, 7) is 3.90. The number of benzene rings is 1. The zero-order chi connectivity index (χ0) is 15.9. The van der Waals surface area contributed by atoms with Crippen molar-refractivity contribution in [3.8, 4) is 0 Å². The molecule has 2 aromatic heterocycles. The molecule has 0 bridgehead atoms. The minimum Gasteiger partial charge on any atom is -0.319 e. The van der Waals surface area contributed by atoms with Crippen LogP contribution in [0.15, 0.2) is 35.5 Å². The van der Waals surface area contributed by atoms with E-state index in [2.05, 4.69) is 10.1 Å². The first-order chi connectivity index (χ1) is 10.5. The molecule has 2 heterocycles. The monoisotopic (exact) mass is 318 g/mol. The van der Waals surface area contributed by atoms with E-state index in [1.54, 1.807) is 27.6 Å². The number of rotatable bonds is 2. The summed E-state index contributed by atoms with van der Waals surface area (Å²) in [5.41, 5.74) is 1.29. The lowest BCUT2D eigenvalue weighted by Gasteiger charge is -2.07. The number of thiazole rings is 1. The Morgan fingerprint density at radius 3 is 2.86 bits per heavy atom. The Kier molecular flexibility index (Phi) is 3.66. The molecular formula is C15H15FN4OS. The lowest BCUT2D eigenvalue weighted by molar-refractivity contribution is 0.0986. The van der Waals surface area contributed by atoms with Crippen molar-refractivity contribution in [1.29, 1.82) is 0 Å². The van der Waals surface area contributed by atoms with Crippen molar-refractivity contribution in [2.75, 3.05) is 0 Å². The number of nitrogens with zero attached hydrogens (tertiary/aromatic N) is 4. The number of hydrogen-bond donors (Lipinski definition) is 0. The van der Waals surface area contributed by atoms with Gasteiger partial charge in [-0.2, -0.15) is 10.1 Å². The third-order valence-electron chi connectivity index (χ3n) is 3.35. The highest BCUT2D eigenvalue weighted by Gasteiger charge is 2.14. The van der Waals surface area contributed by atoms with Crippen molar-refractivity contribution in [3.05, 3.63) is 46.8 Å². The zero-order valence-corrected chi connectivity index (χ0v) is 13.3. The summed E-state index contributed by atoms with van der Waals surface area (Å²) in [7, 11) is 1.81. The molecule has 3 aromatic rings. The van der Waals surface area contributed by atoms with Crippen molar-refractivity contribution < 1.29 is 9.18 Å². The van der Waals surface area contributed by atoms with Crippen LogP contribution >= 0.6 is 11.3 Å². The molecule has 0 spiro atoms. The zero-order valence-electron chi connectivity index (χ0n) is 12.4. The van der Waals surface area contributed by atoms with Crippen LogP contribution in [-0.2, 0) is 7.05 Å². The van der Waals surface area contributed by atoms with Crippen LogP contribution in [0.25, 0.3) is 10.2 Å². The van der Waals surface area contributed by atoms with Gasteiger partial charge in [0.15, 0.2) is 4.80 Å². The van der Waals surface area contributed by atoms with Crippen LogP contribution in [0.4, 0.5) is 4.39 Å². The summed E-state index contributed by atoms with van der Waals surface area (Å²) < 4.78 is 17.5. The standard InChI is InChI=1S/C15H15FN4OS/c1-9(2)20-12(6-7-17-20)14(21)18-15-19(3)11-5-4-10(16)8-13(11)22-15/h4-9H,1-3H3. The van der Waals surface area contributed by atoms with Crippen LogP contribution in [0.5, 0.6) is 0 Å². The minimum absolute atomic E-state index is 0.0782. The van der Waals surface area contributed by atoms with Crippen molar-refractivity contribution in [2.24, 2.45) is 12.0 Å². The van der Waals surface area contributed by atoms with Gasteiger partial charge in [-0.3, -0.25) is 9.48 Å². The second-order valence-electron chi connectivity index (χ2n) is 5.23. The van der Waals surface area contributed by atoms with Gasteiger partial charge in [0.2, 0.25) is 0 Å². The fraction of sp³-hybridized carbons (Fsp3) is 0.267. The Morgan fingerprint density at radius 1 is 1.36 bits per heavy atom. The van der Waals surface area contributed by atoms with Gasteiger partial charge in [-0.15, -0.1) is 0 Å². The normalized spacial score (nSPS) is 12.5. The van der Waals surface area contributed by atoms with Crippen molar-refractivity contribution in [1.82, 2.24) is 14.3 Å². The Labute approximate surface area is 130 Å². The van der Waals surface area contributed by atoms with E-state index >= 15 is 0 Å². The number of aromatic nitrogens is 3. The smallest absolute Gasteiger partial charge is 0.297 e. The molecule has 7 heteroatoms. The maximum Gasteiger partial charge on any atom is 0.297 e. The molecule has 0 aliphatic heterocycles. The lowest BCUT2D eigenvalue weighted by atomic mass is 10.3. The Hall–Kier alpha value is -2.28. The molecule has 1 aromatic carbocycles. The molecular weight excluding hydrogens is 303 g/mol. The van der Waals surface area contributed by atoms with Gasteiger partial charge in [-0.1, -0.05) is 11.3 Å². The topological polar surface area (TPSA) is 52.2 Å². The van der Waals surface area contributed by atoms with Gasteiger partial charge >= 0.3 is 0 Å². The molecule has 22 heavy (non-hydrogen) atoms. The van der Waals surface area contributed by atoms with E-state index in [0.717, 1.165) is 10.2 Å². The average molecular weight is 318 g/mol. The van der Waals surface area contributed by atoms with E-state index in [-0.39, 0.29) is 17.8 Å². The highest BCUT2D eigenvalue weighted by atomic mass is 32.1. The minimum atomic E-state index is -0.353. The second kappa shape index (κ2) is 5.49. The maximum absolute atomic E-state index is 13.3. The third kappa shape index (κ3) is 2.48. The summed E-state index contributed by atoms with van der Waals surface area (Å²) in [5.74, 6) is -0.654. The van der Waals surface area contributed by atoms with Gasteiger partial charge in [-0.05, 0) is 38.1 Å². The molecule has 0 aliphatic carbocycles. The molecule has 0 N–H and O–H groups in total. The Bertz CT molecular complexity index is 919.